The van der Waals surface area contributed by atoms with Crippen LogP contribution in [0.2, 0.25) is 5.02 Å². The lowest BCUT2D eigenvalue weighted by Gasteiger charge is -2.20. The van der Waals surface area contributed by atoms with Crippen LogP contribution in [-0.2, 0) is 16.6 Å². The minimum absolute atomic E-state index is 0.113. The second-order valence-electron chi connectivity index (χ2n) is 5.47. The van der Waals surface area contributed by atoms with E-state index >= 15 is 0 Å². The third kappa shape index (κ3) is 3.73. The second kappa shape index (κ2) is 6.87. The van der Waals surface area contributed by atoms with Crippen LogP contribution in [0.4, 0.5) is 10.7 Å². The number of carbonyl (C=O) groups excluding carboxylic acids is 2. The molecule has 23 heavy (non-hydrogen) atoms. The van der Waals surface area contributed by atoms with Gasteiger partial charge in [0.2, 0.25) is 11.9 Å². The molecule has 0 aliphatic rings. The second-order valence-corrected chi connectivity index (χ2v) is 5.91. The number of rotatable bonds is 4. The van der Waals surface area contributed by atoms with Crippen molar-refractivity contribution >= 4 is 40.6 Å². The van der Waals surface area contributed by atoms with Crippen LogP contribution in [0.5, 0.6) is 0 Å². The Kier molecular flexibility index (Phi) is 5.10. The molecule has 0 saturated heterocycles. The average molecular weight is 339 g/mol. The van der Waals surface area contributed by atoms with Crippen LogP contribution in [-0.4, -0.2) is 34.7 Å². The summed E-state index contributed by atoms with van der Waals surface area (Å²) in [7, 11) is 3.04. The Morgan fingerprint density at radius 1 is 1.35 bits per heavy atom. The fraction of sp³-hybridized carbons (Fsp3) is 0.400. The summed E-state index contributed by atoms with van der Waals surface area (Å²) < 4.78 is 6.30. The van der Waals surface area contributed by atoms with Crippen molar-refractivity contribution in [3.63, 3.8) is 0 Å². The quantitative estimate of drug-likeness (QED) is 0.897. The molecule has 0 radical (unpaired) electrons. The maximum Gasteiger partial charge on any atom is 0.407 e. The summed E-state index contributed by atoms with van der Waals surface area (Å²) in [5.41, 5.74) is 1.52. The molecular formula is C15H19ClN4O3. The van der Waals surface area contributed by atoms with Crippen molar-refractivity contribution in [3.8, 4) is 0 Å². The molecule has 0 bridgehead atoms. The zero-order valence-corrected chi connectivity index (χ0v) is 14.1. The van der Waals surface area contributed by atoms with Crippen molar-refractivity contribution in [3.05, 3.63) is 23.2 Å². The molecule has 1 heterocycles. The number of methoxy groups -OCH3 is 1. The van der Waals surface area contributed by atoms with Crippen molar-refractivity contribution in [1.82, 2.24) is 14.9 Å². The third-order valence-corrected chi connectivity index (χ3v) is 3.72. The molecule has 1 aromatic carbocycles. The van der Waals surface area contributed by atoms with Crippen molar-refractivity contribution in [1.29, 1.82) is 0 Å². The van der Waals surface area contributed by atoms with E-state index in [2.05, 4.69) is 20.4 Å². The summed E-state index contributed by atoms with van der Waals surface area (Å²) in [6.07, 6.45) is -0.657. The van der Waals surface area contributed by atoms with E-state index in [0.29, 0.717) is 16.5 Å². The van der Waals surface area contributed by atoms with Gasteiger partial charge >= 0.3 is 6.09 Å². The number of ether oxygens (including phenoxy) is 1. The molecule has 1 aromatic heterocycles. The van der Waals surface area contributed by atoms with E-state index in [1.807, 2.05) is 19.9 Å². The maximum absolute atomic E-state index is 12.4. The van der Waals surface area contributed by atoms with E-state index in [-0.39, 0.29) is 11.8 Å². The monoisotopic (exact) mass is 338 g/mol. The van der Waals surface area contributed by atoms with Crippen molar-refractivity contribution in [2.24, 2.45) is 13.0 Å². The van der Waals surface area contributed by atoms with E-state index in [0.717, 1.165) is 5.52 Å². The molecule has 2 aromatic rings. The van der Waals surface area contributed by atoms with Crippen LogP contribution in [0.1, 0.15) is 13.8 Å². The number of alkyl carbamates (subject to hydrolysis) is 1. The number of hydrogen-bond acceptors (Lipinski definition) is 4. The fourth-order valence-electron chi connectivity index (χ4n) is 2.19. The number of halogens is 1. The molecule has 8 heteroatoms. The van der Waals surface area contributed by atoms with Gasteiger partial charge in [0.05, 0.1) is 18.1 Å². The van der Waals surface area contributed by atoms with Crippen molar-refractivity contribution < 1.29 is 14.3 Å². The third-order valence-electron chi connectivity index (χ3n) is 3.49. The number of aromatic nitrogens is 2. The molecule has 2 amide bonds. The number of nitrogens with zero attached hydrogens (tertiary/aromatic N) is 2. The van der Waals surface area contributed by atoms with Crippen LogP contribution in [0.25, 0.3) is 11.0 Å². The molecule has 0 saturated carbocycles. The molecule has 0 aliphatic carbocycles. The van der Waals surface area contributed by atoms with Gasteiger partial charge in [-0.1, -0.05) is 25.4 Å². The lowest BCUT2D eigenvalue weighted by Crippen LogP contribution is -2.47. The minimum Gasteiger partial charge on any atom is -0.453 e. The SMILES string of the molecule is COC(=O)NC(C(=O)Nc1nc2cc(Cl)ccc2n1C)C(C)C. The molecule has 0 aliphatic heterocycles. The smallest absolute Gasteiger partial charge is 0.407 e. The normalized spacial score (nSPS) is 12.3. The summed E-state index contributed by atoms with van der Waals surface area (Å²) in [5.74, 6) is -0.0993. The number of aryl methyl sites for hydroxylation is 1. The summed E-state index contributed by atoms with van der Waals surface area (Å²) >= 11 is 5.95. The zero-order chi connectivity index (χ0) is 17.1. The largest absolute Gasteiger partial charge is 0.453 e. The van der Waals surface area contributed by atoms with Gasteiger partial charge in [-0.25, -0.2) is 9.78 Å². The molecule has 2 N–H and O–H groups in total. The number of fused-ring (bicyclic) bond motifs is 1. The Morgan fingerprint density at radius 3 is 2.65 bits per heavy atom. The summed E-state index contributed by atoms with van der Waals surface area (Å²) in [6, 6.07) is 4.57. The predicted octanol–water partition coefficient (Wildman–Crippen LogP) is 2.55. The van der Waals surface area contributed by atoms with E-state index in [1.54, 1.807) is 23.7 Å². The molecular weight excluding hydrogens is 320 g/mol. The van der Waals surface area contributed by atoms with E-state index < -0.39 is 12.1 Å². The fourth-order valence-corrected chi connectivity index (χ4v) is 2.36. The molecule has 1 unspecified atom stereocenters. The standard InChI is InChI=1S/C15H19ClN4O3/c1-8(2)12(18-15(22)23-4)13(21)19-14-17-10-7-9(16)5-6-11(10)20(14)3/h5-8,12H,1-4H3,(H,18,22)(H,17,19,21). The summed E-state index contributed by atoms with van der Waals surface area (Å²) in [5, 5.41) is 5.82. The van der Waals surface area contributed by atoms with Gasteiger partial charge < -0.3 is 14.6 Å². The summed E-state index contributed by atoms with van der Waals surface area (Å²) in [4.78, 5) is 28.2. The summed E-state index contributed by atoms with van der Waals surface area (Å²) in [6.45, 7) is 3.66. The zero-order valence-electron chi connectivity index (χ0n) is 13.4. The highest BCUT2D eigenvalue weighted by atomic mass is 35.5. The molecule has 124 valence electrons. The van der Waals surface area contributed by atoms with E-state index in [9.17, 15) is 9.59 Å². The first-order chi connectivity index (χ1) is 10.8. The highest BCUT2D eigenvalue weighted by Gasteiger charge is 2.25. The van der Waals surface area contributed by atoms with Crippen LogP contribution in [0.15, 0.2) is 18.2 Å². The Morgan fingerprint density at radius 2 is 2.04 bits per heavy atom. The lowest BCUT2D eigenvalue weighted by molar-refractivity contribution is -0.119. The first kappa shape index (κ1) is 17.1. The van der Waals surface area contributed by atoms with Crippen LogP contribution in [0, 0.1) is 5.92 Å². The van der Waals surface area contributed by atoms with Gasteiger partial charge in [0.25, 0.3) is 0 Å². The number of nitrogens with one attached hydrogen (secondary N) is 2. The van der Waals surface area contributed by atoms with Crippen LogP contribution < -0.4 is 10.6 Å². The van der Waals surface area contributed by atoms with Gasteiger partial charge in [-0.3, -0.25) is 10.1 Å². The first-order valence-electron chi connectivity index (χ1n) is 7.10. The van der Waals surface area contributed by atoms with Gasteiger partial charge in [-0.2, -0.15) is 0 Å². The topological polar surface area (TPSA) is 85.2 Å². The van der Waals surface area contributed by atoms with Crippen LogP contribution >= 0.6 is 11.6 Å². The lowest BCUT2D eigenvalue weighted by atomic mass is 10.0. The Bertz CT molecular complexity index is 742. The Hall–Kier alpha value is -2.28. The predicted molar refractivity (Wildman–Crippen MR) is 88.5 cm³/mol. The van der Waals surface area contributed by atoms with Gasteiger partial charge in [-0.05, 0) is 24.1 Å². The van der Waals surface area contributed by atoms with Gasteiger partial charge in [-0.15, -0.1) is 0 Å². The molecule has 0 fully saturated rings. The minimum atomic E-state index is -0.731. The van der Waals surface area contributed by atoms with Gasteiger partial charge in [0.1, 0.15) is 6.04 Å². The molecule has 1 atom stereocenters. The number of hydrogen-bond donors (Lipinski definition) is 2. The number of benzene rings is 1. The number of imidazole rings is 1. The van der Waals surface area contributed by atoms with E-state index in [1.165, 1.54) is 7.11 Å². The number of carbonyl (C=O) groups is 2. The first-order valence-corrected chi connectivity index (χ1v) is 7.48. The Labute approximate surface area is 139 Å². The van der Waals surface area contributed by atoms with Gasteiger partial charge in [0.15, 0.2) is 0 Å². The maximum atomic E-state index is 12.4. The van der Waals surface area contributed by atoms with Gasteiger partial charge in [0, 0.05) is 12.1 Å². The van der Waals surface area contributed by atoms with Crippen LogP contribution in [0.3, 0.4) is 0 Å². The molecule has 2 rings (SSSR count). The number of anilines is 1. The highest BCUT2D eigenvalue weighted by molar-refractivity contribution is 6.31. The molecule has 0 spiro atoms. The Balaban J connectivity index is 2.24. The average Bonchev–Trinajstić information content (AvgIpc) is 2.79. The highest BCUT2D eigenvalue weighted by Crippen LogP contribution is 2.22. The van der Waals surface area contributed by atoms with Crippen molar-refractivity contribution in [2.75, 3.05) is 12.4 Å². The van der Waals surface area contributed by atoms with Crippen molar-refractivity contribution in [2.45, 2.75) is 19.9 Å². The molecule has 7 nitrogen and oxygen atoms in total. The van der Waals surface area contributed by atoms with E-state index in [4.69, 9.17) is 11.6 Å². The number of amides is 2.